The first-order chi connectivity index (χ1) is 7.66. The molecule has 90 valence electrons. The van der Waals surface area contributed by atoms with E-state index in [1.165, 1.54) is 0 Å². The van der Waals surface area contributed by atoms with Gasteiger partial charge in [-0.25, -0.2) is 0 Å². The molecule has 4 nitrogen and oxygen atoms in total. The second kappa shape index (κ2) is 5.31. The Balaban J connectivity index is 1.93. The van der Waals surface area contributed by atoms with Crippen molar-refractivity contribution >= 4 is 15.9 Å². The maximum Gasteiger partial charge on any atom is 0.131 e. The fraction of sp³-hybridized carbons (Fsp3) is 0.636. The molecule has 2 atom stereocenters. The summed E-state index contributed by atoms with van der Waals surface area (Å²) >= 11 is 3.46. The largest absolute Gasteiger partial charge is 0.467 e. The molecule has 0 amide bonds. The number of furan rings is 1. The zero-order valence-corrected chi connectivity index (χ0v) is 10.9. The van der Waals surface area contributed by atoms with Gasteiger partial charge in [0.15, 0.2) is 0 Å². The second-order valence-corrected chi connectivity index (χ2v) is 5.05. The minimum atomic E-state index is 0.0721. The summed E-state index contributed by atoms with van der Waals surface area (Å²) in [4.78, 5) is 2.31. The highest BCUT2D eigenvalue weighted by molar-refractivity contribution is 9.10. The zero-order valence-electron chi connectivity index (χ0n) is 9.36. The lowest BCUT2D eigenvalue weighted by Crippen LogP contribution is -2.49. The van der Waals surface area contributed by atoms with E-state index in [2.05, 4.69) is 20.8 Å². The highest BCUT2D eigenvalue weighted by atomic mass is 79.9. The van der Waals surface area contributed by atoms with E-state index in [1.807, 2.05) is 13.0 Å². The van der Waals surface area contributed by atoms with Crippen LogP contribution in [0.15, 0.2) is 21.2 Å². The maximum absolute atomic E-state index is 5.85. The molecule has 1 saturated heterocycles. The normalized spacial score (nSPS) is 24.6. The van der Waals surface area contributed by atoms with Gasteiger partial charge in [0, 0.05) is 19.1 Å². The molecule has 1 aliphatic rings. The van der Waals surface area contributed by atoms with Crippen LogP contribution in [-0.4, -0.2) is 36.7 Å². The van der Waals surface area contributed by atoms with Crippen LogP contribution in [0, 0.1) is 0 Å². The number of nitrogens with two attached hydrogens (primary N) is 1. The van der Waals surface area contributed by atoms with Gasteiger partial charge in [-0.1, -0.05) is 0 Å². The van der Waals surface area contributed by atoms with Crippen LogP contribution in [-0.2, 0) is 11.3 Å². The summed E-state index contributed by atoms with van der Waals surface area (Å²) < 4.78 is 12.0. The standard InChI is InChI=1S/C11H17BrN2O2/c1-8(13)10-6-14(3-5-16-10)7-11-9(12)2-4-15-11/h2,4,8,10H,3,5-7,13H2,1H3. The predicted octanol–water partition coefficient (Wildman–Crippen LogP) is 1.59. The molecule has 0 aromatic carbocycles. The fourth-order valence-electron chi connectivity index (χ4n) is 1.83. The third-order valence-corrected chi connectivity index (χ3v) is 3.53. The molecule has 1 aromatic rings. The van der Waals surface area contributed by atoms with Gasteiger partial charge in [0.05, 0.1) is 30.0 Å². The average Bonchev–Trinajstić information content (AvgIpc) is 2.65. The van der Waals surface area contributed by atoms with Gasteiger partial charge in [0.25, 0.3) is 0 Å². The smallest absolute Gasteiger partial charge is 0.131 e. The van der Waals surface area contributed by atoms with Crippen LogP contribution in [0.25, 0.3) is 0 Å². The van der Waals surface area contributed by atoms with E-state index in [0.29, 0.717) is 0 Å². The summed E-state index contributed by atoms with van der Waals surface area (Å²) in [7, 11) is 0. The van der Waals surface area contributed by atoms with Crippen LogP contribution in [0.4, 0.5) is 0 Å². The summed E-state index contributed by atoms with van der Waals surface area (Å²) in [6.45, 7) is 5.32. The Labute approximate surface area is 104 Å². The second-order valence-electron chi connectivity index (χ2n) is 4.20. The molecule has 0 radical (unpaired) electrons. The molecule has 2 unspecified atom stereocenters. The molecule has 16 heavy (non-hydrogen) atoms. The van der Waals surface area contributed by atoms with Crippen LogP contribution in [0.2, 0.25) is 0 Å². The number of hydrogen-bond donors (Lipinski definition) is 1. The van der Waals surface area contributed by atoms with Gasteiger partial charge in [-0.05, 0) is 28.9 Å². The Morgan fingerprint density at radius 2 is 2.50 bits per heavy atom. The van der Waals surface area contributed by atoms with Crippen molar-refractivity contribution in [3.63, 3.8) is 0 Å². The van der Waals surface area contributed by atoms with Crippen LogP contribution in [0.3, 0.4) is 0 Å². The van der Waals surface area contributed by atoms with Crippen LogP contribution < -0.4 is 5.73 Å². The number of nitrogens with zero attached hydrogens (tertiary/aromatic N) is 1. The van der Waals surface area contributed by atoms with Crippen molar-refractivity contribution in [2.45, 2.75) is 25.6 Å². The van der Waals surface area contributed by atoms with Gasteiger partial charge in [-0.2, -0.15) is 0 Å². The number of ether oxygens (including phenoxy) is 1. The zero-order chi connectivity index (χ0) is 11.5. The first-order valence-electron chi connectivity index (χ1n) is 5.48. The van der Waals surface area contributed by atoms with E-state index in [0.717, 1.165) is 36.5 Å². The van der Waals surface area contributed by atoms with Gasteiger partial charge in [-0.15, -0.1) is 0 Å². The van der Waals surface area contributed by atoms with Gasteiger partial charge >= 0.3 is 0 Å². The van der Waals surface area contributed by atoms with E-state index in [4.69, 9.17) is 14.9 Å². The number of hydrogen-bond acceptors (Lipinski definition) is 4. The average molecular weight is 289 g/mol. The molecule has 0 saturated carbocycles. The summed E-state index contributed by atoms with van der Waals surface area (Å²) in [6.07, 6.45) is 1.82. The first kappa shape index (κ1) is 12.1. The molecule has 5 heteroatoms. The molecule has 0 bridgehead atoms. The Hall–Kier alpha value is -0.360. The Morgan fingerprint density at radius 3 is 3.12 bits per heavy atom. The molecule has 1 aliphatic heterocycles. The monoisotopic (exact) mass is 288 g/mol. The summed E-state index contributed by atoms with van der Waals surface area (Å²) in [6, 6.07) is 1.99. The van der Waals surface area contributed by atoms with Gasteiger partial charge in [-0.3, -0.25) is 4.90 Å². The van der Waals surface area contributed by atoms with Gasteiger partial charge in [0.2, 0.25) is 0 Å². The first-order valence-corrected chi connectivity index (χ1v) is 6.27. The lowest BCUT2D eigenvalue weighted by atomic mass is 10.1. The molecule has 2 rings (SSSR count). The third kappa shape index (κ3) is 2.85. The minimum Gasteiger partial charge on any atom is -0.467 e. The number of rotatable bonds is 3. The maximum atomic E-state index is 5.85. The molecule has 1 aromatic heterocycles. The van der Waals surface area contributed by atoms with Crippen molar-refractivity contribution in [3.05, 3.63) is 22.6 Å². The molecule has 2 heterocycles. The highest BCUT2D eigenvalue weighted by Gasteiger charge is 2.24. The Kier molecular flexibility index (Phi) is 4.02. The number of morpholine rings is 1. The van der Waals surface area contributed by atoms with E-state index in [9.17, 15) is 0 Å². The van der Waals surface area contributed by atoms with Crippen LogP contribution in [0.1, 0.15) is 12.7 Å². The van der Waals surface area contributed by atoms with E-state index < -0.39 is 0 Å². The molecule has 2 N–H and O–H groups in total. The van der Waals surface area contributed by atoms with E-state index >= 15 is 0 Å². The van der Waals surface area contributed by atoms with E-state index in [-0.39, 0.29) is 12.1 Å². The predicted molar refractivity (Wildman–Crippen MR) is 65.1 cm³/mol. The van der Waals surface area contributed by atoms with Crippen molar-refractivity contribution in [3.8, 4) is 0 Å². The number of halogens is 1. The van der Waals surface area contributed by atoms with Gasteiger partial charge < -0.3 is 14.9 Å². The fourth-order valence-corrected chi connectivity index (χ4v) is 2.16. The third-order valence-electron chi connectivity index (χ3n) is 2.82. The molecular formula is C11H17BrN2O2. The van der Waals surface area contributed by atoms with Crippen molar-refractivity contribution in [1.82, 2.24) is 4.90 Å². The summed E-state index contributed by atoms with van der Waals surface area (Å²) in [5.41, 5.74) is 5.85. The summed E-state index contributed by atoms with van der Waals surface area (Å²) in [5, 5.41) is 0. The van der Waals surface area contributed by atoms with Crippen LogP contribution in [0.5, 0.6) is 0 Å². The van der Waals surface area contributed by atoms with Crippen molar-refractivity contribution in [2.24, 2.45) is 5.73 Å². The van der Waals surface area contributed by atoms with Crippen molar-refractivity contribution < 1.29 is 9.15 Å². The molecule has 0 spiro atoms. The SMILES string of the molecule is CC(N)C1CN(Cc2occc2Br)CCO1. The van der Waals surface area contributed by atoms with Gasteiger partial charge in [0.1, 0.15) is 5.76 Å². The van der Waals surface area contributed by atoms with Crippen molar-refractivity contribution in [2.75, 3.05) is 19.7 Å². The Morgan fingerprint density at radius 1 is 1.69 bits per heavy atom. The highest BCUT2D eigenvalue weighted by Crippen LogP contribution is 2.20. The lowest BCUT2D eigenvalue weighted by molar-refractivity contribution is -0.0420. The molecule has 0 aliphatic carbocycles. The van der Waals surface area contributed by atoms with Crippen LogP contribution >= 0.6 is 15.9 Å². The van der Waals surface area contributed by atoms with E-state index in [1.54, 1.807) is 6.26 Å². The lowest BCUT2D eigenvalue weighted by Gasteiger charge is -2.34. The minimum absolute atomic E-state index is 0.0721. The summed E-state index contributed by atoms with van der Waals surface area (Å²) in [5.74, 6) is 0.963. The molecule has 1 fully saturated rings. The molecular weight excluding hydrogens is 272 g/mol. The van der Waals surface area contributed by atoms with Crippen molar-refractivity contribution in [1.29, 1.82) is 0 Å². The quantitative estimate of drug-likeness (QED) is 0.918. The topological polar surface area (TPSA) is 51.6 Å². The Bertz CT molecular complexity index is 340.